The second-order valence-corrected chi connectivity index (χ2v) is 7.60. The topological polar surface area (TPSA) is 60.5 Å². The predicted molar refractivity (Wildman–Crippen MR) is 105 cm³/mol. The van der Waals surface area contributed by atoms with E-state index >= 15 is 0 Å². The van der Waals surface area contributed by atoms with E-state index in [1.54, 1.807) is 30.3 Å². The van der Waals surface area contributed by atoms with Gasteiger partial charge in [0.05, 0.1) is 11.4 Å². The van der Waals surface area contributed by atoms with Crippen LogP contribution in [0.4, 0.5) is 10.1 Å². The number of hydrogen-bond donors (Lipinski definition) is 1. The Morgan fingerprint density at radius 1 is 1.19 bits per heavy atom. The molecule has 5 nitrogen and oxygen atoms in total. The lowest BCUT2D eigenvalue weighted by atomic mass is 10.2. The molecule has 1 aliphatic rings. The molecular weight excluding hydrogens is 387 g/mol. The molecule has 0 unspecified atom stereocenters. The fourth-order valence-corrected chi connectivity index (χ4v) is 4.17. The lowest BCUT2D eigenvalue weighted by molar-refractivity contribution is -0.113. The Bertz CT molecular complexity index is 960. The number of amides is 1. The van der Waals surface area contributed by atoms with Gasteiger partial charge in [-0.05, 0) is 36.4 Å². The third-order valence-corrected chi connectivity index (χ3v) is 5.69. The number of nitrogens with zero attached hydrogens (tertiary/aromatic N) is 1. The lowest BCUT2D eigenvalue weighted by Crippen LogP contribution is -2.14. The van der Waals surface area contributed by atoms with Gasteiger partial charge in [-0.2, -0.15) is 0 Å². The van der Waals surface area contributed by atoms with E-state index in [4.69, 9.17) is 9.47 Å². The first kappa shape index (κ1) is 17.8. The minimum absolute atomic E-state index is 0.0900. The van der Waals surface area contributed by atoms with Crippen LogP contribution in [0.25, 0.3) is 10.6 Å². The van der Waals surface area contributed by atoms with Gasteiger partial charge >= 0.3 is 0 Å². The van der Waals surface area contributed by atoms with Gasteiger partial charge in [0.2, 0.25) is 12.7 Å². The van der Waals surface area contributed by atoms with Crippen LogP contribution in [0.5, 0.6) is 11.5 Å². The number of hydrogen-bond acceptors (Lipinski definition) is 6. The molecule has 2 heterocycles. The number of benzene rings is 2. The van der Waals surface area contributed by atoms with Gasteiger partial charge in [0.25, 0.3) is 0 Å². The molecule has 1 N–H and O–H groups in total. The molecule has 0 atom stereocenters. The molecule has 27 heavy (non-hydrogen) atoms. The summed E-state index contributed by atoms with van der Waals surface area (Å²) in [6.07, 6.45) is 0. The Morgan fingerprint density at radius 2 is 2.00 bits per heavy atom. The highest BCUT2D eigenvalue weighted by atomic mass is 32.2. The van der Waals surface area contributed by atoms with Crippen LogP contribution in [0, 0.1) is 5.82 Å². The number of thiazole rings is 1. The van der Waals surface area contributed by atoms with Crippen LogP contribution in [0.1, 0.15) is 5.69 Å². The van der Waals surface area contributed by atoms with E-state index in [1.165, 1.54) is 35.2 Å². The van der Waals surface area contributed by atoms with Crippen LogP contribution in [-0.2, 0) is 10.5 Å². The van der Waals surface area contributed by atoms with Crippen LogP contribution in [0.2, 0.25) is 0 Å². The van der Waals surface area contributed by atoms with Crippen molar-refractivity contribution in [3.63, 3.8) is 0 Å². The highest BCUT2D eigenvalue weighted by Gasteiger charge is 2.14. The van der Waals surface area contributed by atoms with E-state index in [9.17, 15) is 9.18 Å². The number of aromatic nitrogens is 1. The van der Waals surface area contributed by atoms with E-state index in [0.29, 0.717) is 28.7 Å². The normalized spacial score (nSPS) is 12.2. The minimum atomic E-state index is -0.264. The van der Waals surface area contributed by atoms with E-state index in [0.717, 1.165) is 16.3 Å². The third kappa shape index (κ3) is 4.40. The predicted octanol–water partition coefficient (Wildman–Crippen LogP) is 4.55. The molecule has 0 fully saturated rings. The Balaban J connectivity index is 1.27. The van der Waals surface area contributed by atoms with E-state index in [-0.39, 0.29) is 18.5 Å². The number of thioether (sulfide) groups is 1. The molecular formula is C19H15FN2O3S2. The summed E-state index contributed by atoms with van der Waals surface area (Å²) >= 11 is 2.99. The zero-order chi connectivity index (χ0) is 18.6. The molecule has 0 saturated heterocycles. The molecule has 2 aromatic carbocycles. The van der Waals surface area contributed by atoms with Crippen molar-refractivity contribution in [2.24, 2.45) is 0 Å². The molecule has 1 aliphatic heterocycles. The maximum atomic E-state index is 13.0. The number of carbonyl (C=O) groups is 1. The quantitative estimate of drug-likeness (QED) is 0.655. The van der Waals surface area contributed by atoms with Crippen LogP contribution >= 0.6 is 23.1 Å². The SMILES string of the molecule is O=C(CSCc1csc(-c2ccc(F)cc2)n1)Nc1ccc2c(c1)OCO2. The second-order valence-electron chi connectivity index (χ2n) is 5.76. The number of halogens is 1. The number of ether oxygens (including phenoxy) is 2. The number of rotatable bonds is 6. The average Bonchev–Trinajstić information content (AvgIpc) is 3.31. The first-order valence-corrected chi connectivity index (χ1v) is 10.2. The molecule has 138 valence electrons. The fourth-order valence-electron chi connectivity index (χ4n) is 2.52. The van der Waals surface area contributed by atoms with Crippen molar-refractivity contribution in [3.05, 3.63) is 59.4 Å². The van der Waals surface area contributed by atoms with Gasteiger partial charge < -0.3 is 14.8 Å². The Kier molecular flexibility index (Phi) is 5.26. The van der Waals surface area contributed by atoms with Gasteiger partial charge in [0.1, 0.15) is 10.8 Å². The van der Waals surface area contributed by atoms with Gasteiger partial charge in [-0.1, -0.05) is 0 Å². The smallest absolute Gasteiger partial charge is 0.234 e. The number of fused-ring (bicyclic) bond motifs is 1. The van der Waals surface area contributed by atoms with E-state index in [1.807, 2.05) is 5.38 Å². The molecule has 0 spiro atoms. The van der Waals surface area contributed by atoms with E-state index < -0.39 is 0 Å². The first-order valence-electron chi connectivity index (χ1n) is 8.15. The van der Waals surface area contributed by atoms with Gasteiger partial charge in [-0.15, -0.1) is 23.1 Å². The summed E-state index contributed by atoms with van der Waals surface area (Å²) < 4.78 is 23.5. The molecule has 3 aromatic rings. The summed E-state index contributed by atoms with van der Waals surface area (Å²) in [5, 5.41) is 5.65. The Hall–Kier alpha value is -2.58. The van der Waals surface area contributed by atoms with Gasteiger partial charge in [-0.25, -0.2) is 9.37 Å². The van der Waals surface area contributed by atoms with Crippen molar-refractivity contribution in [1.29, 1.82) is 0 Å². The number of anilines is 1. The van der Waals surface area contributed by atoms with Crippen molar-refractivity contribution in [1.82, 2.24) is 4.98 Å². The van der Waals surface area contributed by atoms with Gasteiger partial charge in [0, 0.05) is 28.5 Å². The molecule has 4 rings (SSSR count). The van der Waals surface area contributed by atoms with Gasteiger partial charge in [0.15, 0.2) is 11.5 Å². The largest absolute Gasteiger partial charge is 0.454 e. The lowest BCUT2D eigenvalue weighted by Gasteiger charge is -2.05. The monoisotopic (exact) mass is 402 g/mol. The summed E-state index contributed by atoms with van der Waals surface area (Å²) in [4.78, 5) is 16.6. The maximum absolute atomic E-state index is 13.0. The molecule has 0 bridgehead atoms. The highest BCUT2D eigenvalue weighted by molar-refractivity contribution is 7.99. The first-order chi connectivity index (χ1) is 13.2. The minimum Gasteiger partial charge on any atom is -0.454 e. The zero-order valence-corrected chi connectivity index (χ0v) is 15.7. The molecule has 1 amide bonds. The summed E-state index contributed by atoms with van der Waals surface area (Å²) in [5.41, 5.74) is 2.47. The summed E-state index contributed by atoms with van der Waals surface area (Å²) in [5.74, 6) is 1.91. The van der Waals surface area contributed by atoms with Crippen LogP contribution in [0.15, 0.2) is 47.8 Å². The van der Waals surface area contributed by atoms with E-state index in [2.05, 4.69) is 10.3 Å². The second kappa shape index (κ2) is 7.98. The van der Waals surface area contributed by atoms with Crippen molar-refractivity contribution in [2.45, 2.75) is 5.75 Å². The molecule has 8 heteroatoms. The summed E-state index contributed by atoms with van der Waals surface area (Å²) in [6.45, 7) is 0.205. The molecule has 0 saturated carbocycles. The number of nitrogens with one attached hydrogen (secondary N) is 1. The highest BCUT2D eigenvalue weighted by Crippen LogP contribution is 2.34. The summed E-state index contributed by atoms with van der Waals surface area (Å²) in [7, 11) is 0. The van der Waals surface area contributed by atoms with Crippen molar-refractivity contribution < 1.29 is 18.7 Å². The van der Waals surface area contributed by atoms with Crippen molar-refractivity contribution >= 4 is 34.7 Å². The average molecular weight is 402 g/mol. The standard InChI is InChI=1S/C19H15FN2O3S2/c20-13-3-1-12(2-4-13)19-22-15(9-27-19)8-26-10-18(23)21-14-5-6-16-17(7-14)25-11-24-16/h1-7,9H,8,10-11H2,(H,21,23). The number of carbonyl (C=O) groups excluding carboxylic acids is 1. The third-order valence-electron chi connectivity index (χ3n) is 3.78. The fraction of sp³-hybridized carbons (Fsp3) is 0.158. The van der Waals surface area contributed by atoms with Crippen molar-refractivity contribution in [3.8, 4) is 22.1 Å². The van der Waals surface area contributed by atoms with Crippen LogP contribution in [-0.4, -0.2) is 23.4 Å². The molecule has 0 aliphatic carbocycles. The summed E-state index contributed by atoms with van der Waals surface area (Å²) in [6, 6.07) is 11.6. The molecule has 1 aromatic heterocycles. The Labute approximate surface area is 163 Å². The van der Waals surface area contributed by atoms with Crippen LogP contribution < -0.4 is 14.8 Å². The van der Waals surface area contributed by atoms with Crippen LogP contribution in [0.3, 0.4) is 0 Å². The molecule has 0 radical (unpaired) electrons. The van der Waals surface area contributed by atoms with Crippen molar-refractivity contribution in [2.75, 3.05) is 17.9 Å². The van der Waals surface area contributed by atoms with Gasteiger partial charge in [-0.3, -0.25) is 4.79 Å². The maximum Gasteiger partial charge on any atom is 0.234 e. The zero-order valence-electron chi connectivity index (χ0n) is 14.1. The Morgan fingerprint density at radius 3 is 2.85 bits per heavy atom.